The summed E-state index contributed by atoms with van der Waals surface area (Å²) < 4.78 is 6.48. The second kappa shape index (κ2) is 5.21. The Kier molecular flexibility index (Phi) is 3.91. The summed E-state index contributed by atoms with van der Waals surface area (Å²) in [6.07, 6.45) is 6.83. The van der Waals surface area contributed by atoms with Gasteiger partial charge in [0, 0.05) is 12.3 Å². The molecule has 0 aliphatic heterocycles. The third-order valence-corrected chi connectivity index (χ3v) is 1.60. The summed E-state index contributed by atoms with van der Waals surface area (Å²) in [6, 6.07) is 0. The molecular formula is C10H14N2O2. The maximum Gasteiger partial charge on any atom is 0.330 e. The fourth-order valence-corrected chi connectivity index (χ4v) is 1.01. The monoisotopic (exact) mass is 194 g/mol. The van der Waals surface area contributed by atoms with Gasteiger partial charge >= 0.3 is 5.97 Å². The van der Waals surface area contributed by atoms with Crippen LogP contribution in [0, 0.1) is 6.92 Å². The first kappa shape index (κ1) is 10.5. The number of carbonyl (C=O) groups excluding carboxylic acids is 1. The van der Waals surface area contributed by atoms with Gasteiger partial charge in [-0.15, -0.1) is 0 Å². The molecule has 0 N–H and O–H groups in total. The Morgan fingerprint density at radius 3 is 3.07 bits per heavy atom. The molecule has 0 aliphatic carbocycles. The lowest BCUT2D eigenvalue weighted by Crippen LogP contribution is -2.00. The zero-order valence-electron chi connectivity index (χ0n) is 8.43. The van der Waals surface area contributed by atoms with Gasteiger partial charge in [-0.25, -0.2) is 4.79 Å². The van der Waals surface area contributed by atoms with E-state index < -0.39 is 0 Å². The minimum absolute atomic E-state index is 0.309. The molecule has 1 aromatic rings. The molecule has 0 spiro atoms. The fraction of sp³-hybridized carbons (Fsp3) is 0.400. The van der Waals surface area contributed by atoms with Crippen molar-refractivity contribution >= 4 is 5.97 Å². The van der Waals surface area contributed by atoms with Gasteiger partial charge in [-0.2, -0.15) is 5.10 Å². The lowest BCUT2D eigenvalue weighted by molar-refractivity contribution is -0.137. The van der Waals surface area contributed by atoms with Crippen LogP contribution in [-0.4, -0.2) is 22.4 Å². The molecule has 0 aromatic carbocycles. The van der Waals surface area contributed by atoms with E-state index in [1.54, 1.807) is 23.9 Å². The highest BCUT2D eigenvalue weighted by molar-refractivity contribution is 5.81. The van der Waals surface area contributed by atoms with Crippen LogP contribution in [0.1, 0.15) is 12.5 Å². The highest BCUT2D eigenvalue weighted by Gasteiger charge is 1.93. The summed E-state index contributed by atoms with van der Waals surface area (Å²) in [4.78, 5) is 10.9. The molecule has 0 saturated heterocycles. The molecule has 1 aromatic heterocycles. The standard InChI is InChI=1S/C10H14N2O2/c1-3-14-10(13)5-4-6-12-8-9(2)7-11-12/h4-5,7-8H,3,6H2,1-2H3/b5-4+. The molecule has 0 bridgehead atoms. The molecule has 0 saturated carbocycles. The maximum absolute atomic E-state index is 10.9. The Labute approximate surface area is 83.2 Å². The Balaban J connectivity index is 2.36. The van der Waals surface area contributed by atoms with E-state index in [-0.39, 0.29) is 5.97 Å². The van der Waals surface area contributed by atoms with Crippen LogP contribution in [0.25, 0.3) is 0 Å². The van der Waals surface area contributed by atoms with Crippen LogP contribution >= 0.6 is 0 Å². The summed E-state index contributed by atoms with van der Waals surface area (Å²) in [5, 5.41) is 4.07. The molecule has 0 radical (unpaired) electrons. The molecule has 4 nitrogen and oxygen atoms in total. The van der Waals surface area contributed by atoms with E-state index in [0.717, 1.165) is 5.56 Å². The van der Waals surface area contributed by atoms with Crippen LogP contribution in [-0.2, 0) is 16.1 Å². The molecular weight excluding hydrogens is 180 g/mol. The van der Waals surface area contributed by atoms with Crippen LogP contribution in [0.15, 0.2) is 24.5 Å². The summed E-state index contributed by atoms with van der Waals surface area (Å²) in [5.41, 5.74) is 1.11. The van der Waals surface area contributed by atoms with Gasteiger partial charge in [-0.3, -0.25) is 4.68 Å². The quantitative estimate of drug-likeness (QED) is 0.536. The van der Waals surface area contributed by atoms with Gasteiger partial charge < -0.3 is 4.74 Å². The molecule has 76 valence electrons. The number of ether oxygens (including phenoxy) is 1. The maximum atomic E-state index is 10.9. The normalized spacial score (nSPS) is 10.7. The Bertz CT molecular complexity index is 329. The van der Waals surface area contributed by atoms with Gasteiger partial charge in [-0.1, -0.05) is 6.08 Å². The van der Waals surface area contributed by atoms with Crippen LogP contribution in [0.5, 0.6) is 0 Å². The zero-order chi connectivity index (χ0) is 10.4. The number of aromatic nitrogens is 2. The number of carbonyl (C=O) groups is 1. The minimum atomic E-state index is -0.309. The topological polar surface area (TPSA) is 44.1 Å². The smallest absolute Gasteiger partial charge is 0.330 e. The largest absolute Gasteiger partial charge is 0.463 e. The first-order valence-corrected chi connectivity index (χ1v) is 4.54. The first-order chi connectivity index (χ1) is 6.72. The highest BCUT2D eigenvalue weighted by Crippen LogP contribution is 1.94. The lowest BCUT2D eigenvalue weighted by atomic mass is 10.4. The summed E-state index contributed by atoms with van der Waals surface area (Å²) in [7, 11) is 0. The van der Waals surface area contributed by atoms with E-state index >= 15 is 0 Å². The molecule has 1 rings (SSSR count). The van der Waals surface area contributed by atoms with Crippen molar-refractivity contribution in [2.24, 2.45) is 0 Å². The number of nitrogens with zero attached hydrogens (tertiary/aromatic N) is 2. The molecule has 0 aliphatic rings. The van der Waals surface area contributed by atoms with Crippen LogP contribution in [0.2, 0.25) is 0 Å². The predicted octanol–water partition coefficient (Wildman–Crippen LogP) is 1.31. The van der Waals surface area contributed by atoms with Crippen molar-refractivity contribution in [2.45, 2.75) is 20.4 Å². The van der Waals surface area contributed by atoms with E-state index in [1.807, 2.05) is 13.1 Å². The van der Waals surface area contributed by atoms with Gasteiger partial charge in [0.2, 0.25) is 0 Å². The second-order valence-corrected chi connectivity index (χ2v) is 2.89. The number of hydrogen-bond donors (Lipinski definition) is 0. The molecule has 14 heavy (non-hydrogen) atoms. The average Bonchev–Trinajstić information content (AvgIpc) is 2.52. The van der Waals surface area contributed by atoms with Crippen molar-refractivity contribution in [3.05, 3.63) is 30.1 Å². The van der Waals surface area contributed by atoms with Crippen molar-refractivity contribution in [3.8, 4) is 0 Å². The van der Waals surface area contributed by atoms with E-state index in [4.69, 9.17) is 4.74 Å². The number of rotatable bonds is 4. The Morgan fingerprint density at radius 1 is 1.71 bits per heavy atom. The number of aryl methyl sites for hydroxylation is 1. The molecule has 4 heteroatoms. The Hall–Kier alpha value is -1.58. The van der Waals surface area contributed by atoms with Crippen molar-refractivity contribution in [2.75, 3.05) is 6.61 Å². The van der Waals surface area contributed by atoms with Gasteiger partial charge in [0.05, 0.1) is 19.3 Å². The van der Waals surface area contributed by atoms with Gasteiger partial charge in [0.1, 0.15) is 0 Å². The van der Waals surface area contributed by atoms with E-state index in [1.165, 1.54) is 6.08 Å². The molecule has 0 amide bonds. The molecule has 0 unspecified atom stereocenters. The predicted molar refractivity (Wildman–Crippen MR) is 52.7 cm³/mol. The third kappa shape index (κ3) is 3.43. The fourth-order valence-electron chi connectivity index (χ4n) is 1.01. The van der Waals surface area contributed by atoms with Crippen LogP contribution < -0.4 is 0 Å². The summed E-state index contributed by atoms with van der Waals surface area (Å²) >= 11 is 0. The SMILES string of the molecule is CCOC(=O)/C=C/Cn1cc(C)cn1. The zero-order valence-corrected chi connectivity index (χ0v) is 8.43. The number of esters is 1. The average molecular weight is 194 g/mol. The second-order valence-electron chi connectivity index (χ2n) is 2.89. The first-order valence-electron chi connectivity index (χ1n) is 4.54. The highest BCUT2D eigenvalue weighted by atomic mass is 16.5. The van der Waals surface area contributed by atoms with Gasteiger partial charge in [-0.05, 0) is 19.4 Å². The van der Waals surface area contributed by atoms with Crippen molar-refractivity contribution < 1.29 is 9.53 Å². The van der Waals surface area contributed by atoms with E-state index in [0.29, 0.717) is 13.2 Å². The Morgan fingerprint density at radius 2 is 2.50 bits per heavy atom. The van der Waals surface area contributed by atoms with Crippen molar-refractivity contribution in [1.29, 1.82) is 0 Å². The van der Waals surface area contributed by atoms with Gasteiger partial charge in [0.25, 0.3) is 0 Å². The molecule has 0 fully saturated rings. The number of allylic oxidation sites excluding steroid dienone is 1. The van der Waals surface area contributed by atoms with Crippen LogP contribution in [0.4, 0.5) is 0 Å². The summed E-state index contributed by atoms with van der Waals surface area (Å²) in [6.45, 7) is 4.75. The molecule has 0 atom stereocenters. The summed E-state index contributed by atoms with van der Waals surface area (Å²) in [5.74, 6) is -0.309. The number of hydrogen-bond acceptors (Lipinski definition) is 3. The lowest BCUT2D eigenvalue weighted by Gasteiger charge is -1.95. The third-order valence-electron chi connectivity index (χ3n) is 1.60. The van der Waals surface area contributed by atoms with Crippen molar-refractivity contribution in [1.82, 2.24) is 9.78 Å². The van der Waals surface area contributed by atoms with Gasteiger partial charge in [0.15, 0.2) is 0 Å². The minimum Gasteiger partial charge on any atom is -0.463 e. The molecule has 1 heterocycles. The van der Waals surface area contributed by atoms with Crippen molar-refractivity contribution in [3.63, 3.8) is 0 Å². The van der Waals surface area contributed by atoms with E-state index in [9.17, 15) is 4.79 Å². The van der Waals surface area contributed by atoms with Crippen LogP contribution in [0.3, 0.4) is 0 Å². The van der Waals surface area contributed by atoms with E-state index in [2.05, 4.69) is 5.10 Å².